The van der Waals surface area contributed by atoms with Gasteiger partial charge in [-0.2, -0.15) is 0 Å². The van der Waals surface area contributed by atoms with E-state index in [0.29, 0.717) is 10.7 Å². The number of rotatable bonds is 6. The van der Waals surface area contributed by atoms with Gasteiger partial charge in [0, 0.05) is 10.7 Å². The third-order valence-corrected chi connectivity index (χ3v) is 5.08. The molecule has 0 spiro atoms. The zero-order chi connectivity index (χ0) is 19.3. The van der Waals surface area contributed by atoms with Crippen LogP contribution in [0.2, 0.25) is 5.02 Å². The SMILES string of the molecule is CNS(=O)(=O)c1cccc(C(=O)O[C@@H](C)C(=O)Nc2ccc(Cl)cc2)c1. The Morgan fingerprint density at radius 1 is 1.12 bits per heavy atom. The minimum absolute atomic E-state index is 0.0208. The highest BCUT2D eigenvalue weighted by Crippen LogP contribution is 2.15. The molecule has 0 heterocycles. The molecule has 0 aliphatic heterocycles. The largest absolute Gasteiger partial charge is 0.449 e. The van der Waals surface area contributed by atoms with Gasteiger partial charge in [-0.15, -0.1) is 0 Å². The molecular weight excluding hydrogens is 380 g/mol. The van der Waals surface area contributed by atoms with E-state index in [1.807, 2.05) is 0 Å². The van der Waals surface area contributed by atoms with E-state index in [9.17, 15) is 18.0 Å². The first-order chi connectivity index (χ1) is 12.2. The fourth-order valence-electron chi connectivity index (χ4n) is 1.97. The number of anilines is 1. The number of carbonyl (C=O) groups is 2. The second-order valence-electron chi connectivity index (χ2n) is 5.28. The van der Waals surface area contributed by atoms with E-state index in [2.05, 4.69) is 10.0 Å². The van der Waals surface area contributed by atoms with Gasteiger partial charge in [-0.3, -0.25) is 4.79 Å². The van der Waals surface area contributed by atoms with E-state index in [1.165, 1.54) is 38.2 Å². The van der Waals surface area contributed by atoms with Gasteiger partial charge in [0.2, 0.25) is 10.0 Å². The summed E-state index contributed by atoms with van der Waals surface area (Å²) in [4.78, 5) is 24.2. The zero-order valence-electron chi connectivity index (χ0n) is 14.0. The Bertz CT molecular complexity index is 913. The third kappa shape index (κ3) is 5.04. The van der Waals surface area contributed by atoms with Crippen LogP contribution in [0, 0.1) is 0 Å². The molecule has 2 aromatic carbocycles. The number of hydrogen-bond donors (Lipinski definition) is 2. The van der Waals surface area contributed by atoms with Crippen LogP contribution in [0.3, 0.4) is 0 Å². The molecule has 0 unspecified atom stereocenters. The molecule has 0 aliphatic carbocycles. The molecular formula is C17H17ClN2O5S. The van der Waals surface area contributed by atoms with Gasteiger partial charge < -0.3 is 10.1 Å². The van der Waals surface area contributed by atoms with Gasteiger partial charge in [0.05, 0.1) is 10.5 Å². The van der Waals surface area contributed by atoms with Gasteiger partial charge in [0.1, 0.15) is 0 Å². The number of ether oxygens (including phenoxy) is 1. The summed E-state index contributed by atoms with van der Waals surface area (Å²) < 4.78 is 30.9. The summed E-state index contributed by atoms with van der Waals surface area (Å²) in [6, 6.07) is 11.8. The maximum Gasteiger partial charge on any atom is 0.338 e. The smallest absolute Gasteiger partial charge is 0.338 e. The number of amides is 1. The molecule has 9 heteroatoms. The predicted octanol–water partition coefficient (Wildman–Crippen LogP) is 2.43. The summed E-state index contributed by atoms with van der Waals surface area (Å²) >= 11 is 5.77. The lowest BCUT2D eigenvalue weighted by molar-refractivity contribution is -0.123. The molecule has 0 radical (unpaired) electrons. The summed E-state index contributed by atoms with van der Waals surface area (Å²) in [5, 5.41) is 3.12. The van der Waals surface area contributed by atoms with Crippen LogP contribution in [-0.4, -0.2) is 33.4 Å². The van der Waals surface area contributed by atoms with Gasteiger partial charge in [-0.25, -0.2) is 17.9 Å². The minimum atomic E-state index is -3.69. The highest BCUT2D eigenvalue weighted by molar-refractivity contribution is 7.89. The van der Waals surface area contributed by atoms with Crippen LogP contribution < -0.4 is 10.0 Å². The first-order valence-electron chi connectivity index (χ1n) is 7.54. The molecule has 0 bridgehead atoms. The van der Waals surface area contributed by atoms with E-state index in [0.717, 1.165) is 0 Å². The van der Waals surface area contributed by atoms with Crippen LogP contribution in [0.5, 0.6) is 0 Å². The maximum atomic E-state index is 12.2. The number of halogens is 1. The number of esters is 1. The molecule has 26 heavy (non-hydrogen) atoms. The Morgan fingerprint density at radius 2 is 1.77 bits per heavy atom. The van der Waals surface area contributed by atoms with Gasteiger partial charge in [0.25, 0.3) is 5.91 Å². The molecule has 138 valence electrons. The molecule has 2 aromatic rings. The third-order valence-electron chi connectivity index (χ3n) is 3.41. The average Bonchev–Trinajstić information content (AvgIpc) is 2.63. The molecule has 0 aliphatic rings. The van der Waals surface area contributed by atoms with E-state index >= 15 is 0 Å². The minimum Gasteiger partial charge on any atom is -0.449 e. The summed E-state index contributed by atoms with van der Waals surface area (Å²) in [7, 11) is -2.42. The Kier molecular flexibility index (Phi) is 6.36. The molecule has 0 aromatic heterocycles. The predicted molar refractivity (Wildman–Crippen MR) is 97.6 cm³/mol. The number of carbonyl (C=O) groups excluding carboxylic acids is 2. The molecule has 0 saturated carbocycles. The molecule has 1 atom stereocenters. The lowest BCUT2D eigenvalue weighted by atomic mass is 10.2. The highest BCUT2D eigenvalue weighted by Gasteiger charge is 2.20. The number of hydrogen-bond acceptors (Lipinski definition) is 5. The van der Waals surface area contributed by atoms with Crippen molar-refractivity contribution in [2.24, 2.45) is 0 Å². The van der Waals surface area contributed by atoms with Crippen LogP contribution in [0.25, 0.3) is 0 Å². The van der Waals surface area contributed by atoms with Crippen molar-refractivity contribution in [2.45, 2.75) is 17.9 Å². The van der Waals surface area contributed by atoms with Gasteiger partial charge in [0.15, 0.2) is 6.10 Å². The first kappa shape index (κ1) is 19.9. The normalized spacial score (nSPS) is 12.3. The van der Waals surface area contributed by atoms with Crippen LogP contribution >= 0.6 is 11.6 Å². The Hall–Kier alpha value is -2.42. The van der Waals surface area contributed by atoms with Crippen LogP contribution in [-0.2, 0) is 19.6 Å². The highest BCUT2D eigenvalue weighted by atomic mass is 35.5. The van der Waals surface area contributed by atoms with Crippen molar-refractivity contribution >= 4 is 39.2 Å². The molecule has 0 saturated heterocycles. The number of benzene rings is 2. The van der Waals surface area contributed by atoms with Crippen molar-refractivity contribution in [1.29, 1.82) is 0 Å². The van der Waals surface area contributed by atoms with Crippen LogP contribution in [0.15, 0.2) is 53.4 Å². The first-order valence-corrected chi connectivity index (χ1v) is 9.40. The average molecular weight is 397 g/mol. The number of sulfonamides is 1. The second-order valence-corrected chi connectivity index (χ2v) is 7.60. The molecule has 7 nitrogen and oxygen atoms in total. The molecule has 0 fully saturated rings. The van der Waals surface area contributed by atoms with Crippen molar-refractivity contribution in [3.63, 3.8) is 0 Å². The van der Waals surface area contributed by atoms with Crippen molar-refractivity contribution in [2.75, 3.05) is 12.4 Å². The number of nitrogens with one attached hydrogen (secondary N) is 2. The fourth-order valence-corrected chi connectivity index (χ4v) is 2.87. The Morgan fingerprint density at radius 3 is 2.38 bits per heavy atom. The van der Waals surface area contributed by atoms with Gasteiger partial charge in [-0.1, -0.05) is 17.7 Å². The Balaban J connectivity index is 2.05. The standard InChI is InChI=1S/C17H17ClN2O5S/c1-11(16(21)20-14-8-6-13(18)7-9-14)25-17(22)12-4-3-5-15(10-12)26(23,24)19-2/h3-11,19H,1-2H3,(H,20,21)/t11-/m0/s1. The van der Waals surface area contributed by atoms with Crippen molar-refractivity contribution in [3.8, 4) is 0 Å². The summed E-state index contributed by atoms with van der Waals surface area (Å²) in [6.07, 6.45) is -1.08. The van der Waals surface area contributed by atoms with Crippen molar-refractivity contribution < 1.29 is 22.7 Å². The molecule has 2 N–H and O–H groups in total. The van der Waals surface area contributed by atoms with Gasteiger partial charge >= 0.3 is 5.97 Å². The lowest BCUT2D eigenvalue weighted by Gasteiger charge is -2.14. The van der Waals surface area contributed by atoms with E-state index in [4.69, 9.17) is 16.3 Å². The summed E-state index contributed by atoms with van der Waals surface area (Å²) in [5.74, 6) is -1.34. The maximum absolute atomic E-state index is 12.2. The van der Waals surface area contributed by atoms with Crippen molar-refractivity contribution in [1.82, 2.24) is 4.72 Å². The second kappa shape index (κ2) is 8.31. The summed E-state index contributed by atoms with van der Waals surface area (Å²) in [5.41, 5.74) is 0.525. The molecule has 1 amide bonds. The van der Waals surface area contributed by atoms with E-state index in [1.54, 1.807) is 24.3 Å². The van der Waals surface area contributed by atoms with Crippen LogP contribution in [0.4, 0.5) is 5.69 Å². The summed E-state index contributed by atoms with van der Waals surface area (Å²) in [6.45, 7) is 1.41. The topological polar surface area (TPSA) is 102 Å². The van der Waals surface area contributed by atoms with Crippen molar-refractivity contribution in [3.05, 3.63) is 59.1 Å². The van der Waals surface area contributed by atoms with E-state index in [-0.39, 0.29) is 10.5 Å². The van der Waals surface area contributed by atoms with E-state index < -0.39 is 28.0 Å². The lowest BCUT2D eigenvalue weighted by Crippen LogP contribution is -2.30. The molecule has 2 rings (SSSR count). The zero-order valence-corrected chi connectivity index (χ0v) is 15.6. The quantitative estimate of drug-likeness (QED) is 0.730. The monoisotopic (exact) mass is 396 g/mol. The Labute approximate surface area is 156 Å². The van der Waals surface area contributed by atoms with Gasteiger partial charge in [-0.05, 0) is 56.4 Å². The van der Waals surface area contributed by atoms with Crippen LogP contribution in [0.1, 0.15) is 17.3 Å². The fraction of sp³-hybridized carbons (Fsp3) is 0.176.